The Balaban J connectivity index is 1.39. The molecule has 6 nitrogen and oxygen atoms in total. The van der Waals surface area contributed by atoms with Gasteiger partial charge in [0.1, 0.15) is 12.2 Å². The molecule has 0 N–H and O–H groups in total. The number of carbonyl (C=O) groups excluding carboxylic acids is 1. The van der Waals surface area contributed by atoms with E-state index in [0.717, 1.165) is 35.0 Å². The van der Waals surface area contributed by atoms with Gasteiger partial charge in [-0.05, 0) is 45.7 Å². The van der Waals surface area contributed by atoms with E-state index < -0.39 is 5.60 Å². The molecule has 1 aliphatic heterocycles. The quantitative estimate of drug-likeness (QED) is 0.486. The Morgan fingerprint density at radius 1 is 1.12 bits per heavy atom. The van der Waals surface area contributed by atoms with E-state index >= 15 is 0 Å². The summed E-state index contributed by atoms with van der Waals surface area (Å²) in [5, 5.41) is 1.59. The zero-order chi connectivity index (χ0) is 22.7. The second kappa shape index (κ2) is 9.33. The molecule has 0 saturated carbocycles. The fourth-order valence-electron chi connectivity index (χ4n) is 3.89. The van der Waals surface area contributed by atoms with Crippen LogP contribution in [0.25, 0.3) is 10.9 Å². The third kappa shape index (κ3) is 5.30. The Morgan fingerprint density at radius 2 is 1.88 bits per heavy atom. The van der Waals surface area contributed by atoms with E-state index in [1.807, 2.05) is 57.2 Å². The lowest BCUT2D eigenvalue weighted by molar-refractivity contribution is 0.0204. The summed E-state index contributed by atoms with van der Waals surface area (Å²) in [6, 6.07) is 13.5. The molecule has 0 aliphatic carbocycles. The average molecular weight is 454 g/mol. The molecule has 3 heterocycles. The van der Waals surface area contributed by atoms with Gasteiger partial charge < -0.3 is 14.4 Å². The molecule has 3 aromatic rings. The molecule has 2 aromatic heterocycles. The highest BCUT2D eigenvalue weighted by atomic mass is 35.5. The van der Waals surface area contributed by atoms with Gasteiger partial charge in [-0.2, -0.15) is 0 Å². The average Bonchev–Trinajstić information content (AvgIpc) is 2.77. The first-order valence-corrected chi connectivity index (χ1v) is 11.3. The number of aromatic nitrogens is 2. The molecule has 0 atom stereocenters. The summed E-state index contributed by atoms with van der Waals surface area (Å²) in [4.78, 5) is 23.3. The van der Waals surface area contributed by atoms with Crippen molar-refractivity contribution in [2.75, 3.05) is 13.1 Å². The third-order valence-corrected chi connectivity index (χ3v) is 5.82. The van der Waals surface area contributed by atoms with Gasteiger partial charge in [-0.3, -0.25) is 4.98 Å². The molecule has 0 bridgehead atoms. The predicted octanol–water partition coefficient (Wildman–Crippen LogP) is 5.98. The summed E-state index contributed by atoms with van der Waals surface area (Å²) in [7, 11) is 0. The number of hydrogen-bond donors (Lipinski definition) is 0. The van der Waals surface area contributed by atoms with Crippen LogP contribution in [-0.2, 0) is 11.3 Å². The topological polar surface area (TPSA) is 64.5 Å². The lowest BCUT2D eigenvalue weighted by atomic mass is 9.93. The van der Waals surface area contributed by atoms with Crippen molar-refractivity contribution in [2.24, 2.45) is 0 Å². The molecule has 0 spiro atoms. The van der Waals surface area contributed by atoms with Gasteiger partial charge >= 0.3 is 6.09 Å². The molecule has 1 aromatic carbocycles. The van der Waals surface area contributed by atoms with Crippen molar-refractivity contribution in [3.63, 3.8) is 0 Å². The first kappa shape index (κ1) is 22.3. The first-order chi connectivity index (χ1) is 15.3. The number of hydrogen-bond acceptors (Lipinski definition) is 5. The van der Waals surface area contributed by atoms with E-state index in [4.69, 9.17) is 26.1 Å². The van der Waals surface area contributed by atoms with Crippen LogP contribution in [0.2, 0.25) is 5.02 Å². The molecule has 0 unspecified atom stereocenters. The third-order valence-electron chi connectivity index (χ3n) is 5.49. The number of para-hydroxylation sites is 1. The Kier molecular flexibility index (Phi) is 6.51. The maximum Gasteiger partial charge on any atom is 0.410 e. The summed E-state index contributed by atoms with van der Waals surface area (Å²) in [6.07, 6.45) is 3.16. The van der Waals surface area contributed by atoms with Gasteiger partial charge in [-0.15, -0.1) is 0 Å². The molecule has 1 aliphatic rings. The molecule has 1 amide bonds. The Hall–Kier alpha value is -2.86. The minimum absolute atomic E-state index is 0.246. The molecular weight excluding hydrogens is 426 g/mol. The van der Waals surface area contributed by atoms with Crippen molar-refractivity contribution in [3.8, 4) is 5.88 Å². The second-order valence-electron chi connectivity index (χ2n) is 9.04. The Bertz CT molecular complexity index is 1110. The number of amides is 1. The minimum Gasteiger partial charge on any atom is -0.473 e. The highest BCUT2D eigenvalue weighted by molar-refractivity contribution is 6.35. The number of ether oxygens (including phenoxy) is 2. The fourth-order valence-corrected chi connectivity index (χ4v) is 4.10. The van der Waals surface area contributed by atoms with Gasteiger partial charge in [0.05, 0.1) is 10.5 Å². The van der Waals surface area contributed by atoms with Gasteiger partial charge in [0.15, 0.2) is 0 Å². The largest absolute Gasteiger partial charge is 0.473 e. The van der Waals surface area contributed by atoms with E-state index in [-0.39, 0.29) is 12.0 Å². The number of rotatable bonds is 4. The normalized spacial score (nSPS) is 15.1. The highest BCUT2D eigenvalue weighted by Gasteiger charge is 2.28. The van der Waals surface area contributed by atoms with Crippen LogP contribution >= 0.6 is 11.6 Å². The van der Waals surface area contributed by atoms with Crippen LogP contribution in [0.3, 0.4) is 0 Å². The SMILES string of the molecule is CC(C)(C)OC(=O)N1CCC(c2cccc(OCc3cccc4c(Cl)ccnc34)n2)CC1. The number of pyridine rings is 2. The Labute approximate surface area is 193 Å². The van der Waals surface area contributed by atoms with Crippen LogP contribution in [0, 0.1) is 0 Å². The second-order valence-corrected chi connectivity index (χ2v) is 9.44. The smallest absolute Gasteiger partial charge is 0.410 e. The molecule has 4 rings (SSSR count). The molecule has 1 fully saturated rings. The zero-order valence-electron chi connectivity index (χ0n) is 18.7. The van der Waals surface area contributed by atoms with Gasteiger partial charge in [-0.1, -0.05) is 35.9 Å². The number of piperidine rings is 1. The number of benzene rings is 1. The van der Waals surface area contributed by atoms with Crippen LogP contribution in [-0.4, -0.2) is 39.7 Å². The van der Waals surface area contributed by atoms with Gasteiger partial charge in [0.25, 0.3) is 0 Å². The van der Waals surface area contributed by atoms with Crippen LogP contribution in [0.5, 0.6) is 5.88 Å². The van der Waals surface area contributed by atoms with Crippen LogP contribution in [0.1, 0.15) is 50.8 Å². The molecule has 0 radical (unpaired) electrons. The summed E-state index contributed by atoms with van der Waals surface area (Å²) in [6.45, 7) is 7.34. The molecular formula is C25H28ClN3O3. The van der Waals surface area contributed by atoms with Crippen LogP contribution in [0.15, 0.2) is 48.7 Å². The van der Waals surface area contributed by atoms with Crippen molar-refractivity contribution in [1.82, 2.24) is 14.9 Å². The number of nitrogens with zero attached hydrogens (tertiary/aromatic N) is 3. The van der Waals surface area contributed by atoms with Crippen molar-refractivity contribution in [2.45, 2.75) is 51.7 Å². The molecule has 1 saturated heterocycles. The van der Waals surface area contributed by atoms with E-state index in [2.05, 4.69) is 4.98 Å². The standard InChI is InChI=1S/C25H28ClN3O3/c1-25(2,3)32-24(30)29-14-11-17(12-15-29)21-8-5-9-22(28-21)31-16-18-6-4-7-19-20(26)10-13-27-23(18)19/h4-10,13,17H,11-12,14-16H2,1-3H3. The molecule has 168 valence electrons. The monoisotopic (exact) mass is 453 g/mol. The van der Waals surface area contributed by atoms with E-state index in [1.54, 1.807) is 17.2 Å². The number of fused-ring (bicyclic) bond motifs is 1. The van der Waals surface area contributed by atoms with Gasteiger partial charge in [-0.25, -0.2) is 9.78 Å². The molecule has 32 heavy (non-hydrogen) atoms. The van der Waals surface area contributed by atoms with Crippen LogP contribution < -0.4 is 4.74 Å². The fraction of sp³-hybridized carbons (Fsp3) is 0.400. The highest BCUT2D eigenvalue weighted by Crippen LogP contribution is 2.29. The van der Waals surface area contributed by atoms with E-state index in [9.17, 15) is 4.79 Å². The van der Waals surface area contributed by atoms with Crippen molar-refractivity contribution < 1.29 is 14.3 Å². The summed E-state index contributed by atoms with van der Waals surface area (Å²) in [5.41, 5.74) is 2.31. The number of halogens is 1. The molecule has 7 heteroatoms. The van der Waals surface area contributed by atoms with Crippen molar-refractivity contribution in [3.05, 3.63) is 64.9 Å². The summed E-state index contributed by atoms with van der Waals surface area (Å²) >= 11 is 6.29. The predicted molar refractivity (Wildman–Crippen MR) is 125 cm³/mol. The summed E-state index contributed by atoms with van der Waals surface area (Å²) in [5.74, 6) is 0.867. The Morgan fingerprint density at radius 3 is 2.62 bits per heavy atom. The summed E-state index contributed by atoms with van der Waals surface area (Å²) < 4.78 is 11.5. The lowest BCUT2D eigenvalue weighted by Crippen LogP contribution is -2.41. The first-order valence-electron chi connectivity index (χ1n) is 10.9. The maximum absolute atomic E-state index is 12.3. The zero-order valence-corrected chi connectivity index (χ0v) is 19.4. The lowest BCUT2D eigenvalue weighted by Gasteiger charge is -2.33. The van der Waals surface area contributed by atoms with E-state index in [0.29, 0.717) is 30.6 Å². The van der Waals surface area contributed by atoms with Crippen molar-refractivity contribution >= 4 is 28.6 Å². The maximum atomic E-state index is 12.3. The van der Waals surface area contributed by atoms with Crippen LogP contribution in [0.4, 0.5) is 4.79 Å². The number of likely N-dealkylation sites (tertiary alicyclic amines) is 1. The van der Waals surface area contributed by atoms with Gasteiger partial charge in [0.2, 0.25) is 5.88 Å². The van der Waals surface area contributed by atoms with Gasteiger partial charge in [0, 0.05) is 47.9 Å². The van der Waals surface area contributed by atoms with Crippen molar-refractivity contribution in [1.29, 1.82) is 0 Å². The van der Waals surface area contributed by atoms with E-state index in [1.165, 1.54) is 0 Å². The number of carbonyl (C=O) groups is 1. The minimum atomic E-state index is -0.480.